The first kappa shape index (κ1) is 13.4. The summed E-state index contributed by atoms with van der Waals surface area (Å²) in [5, 5.41) is 3.17. The van der Waals surface area contributed by atoms with E-state index in [0.29, 0.717) is 0 Å². The van der Waals surface area contributed by atoms with E-state index in [1.54, 1.807) is 18.3 Å². The van der Waals surface area contributed by atoms with Crippen molar-refractivity contribution in [2.24, 2.45) is 0 Å². The zero-order valence-electron chi connectivity index (χ0n) is 11.2. The highest BCUT2D eigenvalue weighted by molar-refractivity contribution is 5.56. The van der Waals surface area contributed by atoms with Gasteiger partial charge in [0.1, 0.15) is 0 Å². The summed E-state index contributed by atoms with van der Waals surface area (Å²) in [4.78, 5) is 4.26. The van der Waals surface area contributed by atoms with Crippen molar-refractivity contribution in [1.82, 2.24) is 9.55 Å². The first-order valence-corrected chi connectivity index (χ1v) is 6.36. The Balaban J connectivity index is 2.14. The summed E-state index contributed by atoms with van der Waals surface area (Å²) in [6.07, 6.45) is 5.90. The van der Waals surface area contributed by atoms with Gasteiger partial charge in [0, 0.05) is 30.7 Å². The number of unbranched alkanes of at least 4 members (excludes halogenated alkanes) is 1. The smallest absolute Gasteiger partial charge is 0.207 e. The van der Waals surface area contributed by atoms with Crippen molar-refractivity contribution in [3.63, 3.8) is 0 Å². The van der Waals surface area contributed by atoms with Gasteiger partial charge in [0.25, 0.3) is 0 Å². The van der Waals surface area contributed by atoms with Crippen LogP contribution in [-0.4, -0.2) is 16.7 Å². The number of hydrogen-bond donors (Lipinski definition) is 1. The SMILES string of the molecule is CCCCn1ccnc1Nc1ccc(F)c(OC)c1. The fourth-order valence-corrected chi connectivity index (χ4v) is 1.81. The monoisotopic (exact) mass is 263 g/mol. The maximum absolute atomic E-state index is 13.3. The number of rotatable bonds is 6. The third kappa shape index (κ3) is 3.24. The maximum Gasteiger partial charge on any atom is 0.207 e. The van der Waals surface area contributed by atoms with Crippen molar-refractivity contribution in [3.8, 4) is 5.75 Å². The molecule has 4 nitrogen and oxygen atoms in total. The second-order valence-corrected chi connectivity index (χ2v) is 4.27. The summed E-state index contributed by atoms with van der Waals surface area (Å²) < 4.78 is 20.3. The highest BCUT2D eigenvalue weighted by Gasteiger charge is 2.06. The number of nitrogens with zero attached hydrogens (tertiary/aromatic N) is 2. The Hall–Kier alpha value is -2.04. The summed E-state index contributed by atoms with van der Waals surface area (Å²) in [6.45, 7) is 3.06. The molecule has 2 aromatic rings. The summed E-state index contributed by atoms with van der Waals surface area (Å²) in [7, 11) is 1.45. The predicted molar refractivity (Wildman–Crippen MR) is 73.4 cm³/mol. The molecule has 2 rings (SSSR count). The summed E-state index contributed by atoms with van der Waals surface area (Å²) in [5.74, 6) is 0.598. The van der Waals surface area contributed by atoms with E-state index < -0.39 is 0 Å². The van der Waals surface area contributed by atoms with Crippen molar-refractivity contribution in [2.45, 2.75) is 26.3 Å². The van der Waals surface area contributed by atoms with Crippen molar-refractivity contribution in [2.75, 3.05) is 12.4 Å². The number of imidazole rings is 1. The van der Waals surface area contributed by atoms with Gasteiger partial charge in [0.15, 0.2) is 11.6 Å². The number of halogens is 1. The van der Waals surface area contributed by atoms with Gasteiger partial charge in [0.2, 0.25) is 5.95 Å². The summed E-state index contributed by atoms with van der Waals surface area (Å²) in [6, 6.07) is 4.66. The van der Waals surface area contributed by atoms with Crippen molar-refractivity contribution >= 4 is 11.6 Å². The van der Waals surface area contributed by atoms with Crippen LogP contribution in [0.2, 0.25) is 0 Å². The molecule has 1 aromatic heterocycles. The van der Waals surface area contributed by atoms with E-state index >= 15 is 0 Å². The lowest BCUT2D eigenvalue weighted by molar-refractivity contribution is 0.387. The lowest BCUT2D eigenvalue weighted by atomic mass is 10.3. The third-order valence-electron chi connectivity index (χ3n) is 2.88. The van der Waals surface area contributed by atoms with Crippen LogP contribution in [0, 0.1) is 5.82 Å². The molecule has 0 saturated carbocycles. The van der Waals surface area contributed by atoms with Crippen LogP contribution in [0.1, 0.15) is 19.8 Å². The highest BCUT2D eigenvalue weighted by atomic mass is 19.1. The molecule has 1 heterocycles. The lowest BCUT2D eigenvalue weighted by Crippen LogP contribution is -2.03. The van der Waals surface area contributed by atoms with Gasteiger partial charge in [-0.15, -0.1) is 0 Å². The zero-order chi connectivity index (χ0) is 13.7. The Morgan fingerprint density at radius 1 is 1.42 bits per heavy atom. The first-order chi connectivity index (χ1) is 9.24. The van der Waals surface area contributed by atoms with Gasteiger partial charge < -0.3 is 14.6 Å². The number of aryl methyl sites for hydroxylation is 1. The normalized spacial score (nSPS) is 10.5. The molecule has 0 saturated heterocycles. The molecule has 102 valence electrons. The number of benzene rings is 1. The second kappa shape index (κ2) is 6.22. The van der Waals surface area contributed by atoms with E-state index in [9.17, 15) is 4.39 Å². The van der Waals surface area contributed by atoms with Gasteiger partial charge in [-0.3, -0.25) is 0 Å². The Bertz CT molecular complexity index is 539. The molecule has 5 heteroatoms. The van der Waals surface area contributed by atoms with Crippen LogP contribution in [0.5, 0.6) is 5.75 Å². The topological polar surface area (TPSA) is 39.1 Å². The van der Waals surface area contributed by atoms with Crippen LogP contribution in [0.15, 0.2) is 30.6 Å². The van der Waals surface area contributed by atoms with Crippen LogP contribution in [0.4, 0.5) is 16.0 Å². The quantitative estimate of drug-likeness (QED) is 0.866. The molecule has 19 heavy (non-hydrogen) atoms. The minimum atomic E-state index is -0.373. The minimum Gasteiger partial charge on any atom is -0.494 e. The summed E-state index contributed by atoms with van der Waals surface area (Å²) in [5.41, 5.74) is 0.752. The van der Waals surface area contributed by atoms with Crippen LogP contribution < -0.4 is 10.1 Å². The van der Waals surface area contributed by atoms with Gasteiger partial charge >= 0.3 is 0 Å². The van der Waals surface area contributed by atoms with Crippen molar-refractivity contribution in [1.29, 1.82) is 0 Å². The van der Waals surface area contributed by atoms with E-state index in [1.165, 1.54) is 13.2 Å². The molecular weight excluding hydrogens is 245 g/mol. The molecule has 0 aliphatic rings. The Labute approximate surface area is 112 Å². The molecular formula is C14H18FN3O. The molecule has 0 amide bonds. The van der Waals surface area contributed by atoms with E-state index in [0.717, 1.165) is 31.0 Å². The number of methoxy groups -OCH3 is 1. The van der Waals surface area contributed by atoms with Gasteiger partial charge in [-0.1, -0.05) is 13.3 Å². The first-order valence-electron chi connectivity index (χ1n) is 6.36. The molecule has 0 atom stereocenters. The average molecular weight is 263 g/mol. The Morgan fingerprint density at radius 2 is 2.26 bits per heavy atom. The molecule has 0 bridgehead atoms. The Kier molecular flexibility index (Phi) is 4.39. The fourth-order valence-electron chi connectivity index (χ4n) is 1.81. The molecule has 1 aromatic carbocycles. The van der Waals surface area contributed by atoms with Crippen molar-refractivity contribution < 1.29 is 9.13 Å². The van der Waals surface area contributed by atoms with E-state index in [2.05, 4.69) is 17.2 Å². The van der Waals surface area contributed by atoms with Crippen LogP contribution in [0.25, 0.3) is 0 Å². The minimum absolute atomic E-state index is 0.219. The zero-order valence-corrected chi connectivity index (χ0v) is 11.2. The van der Waals surface area contributed by atoms with E-state index in [4.69, 9.17) is 4.74 Å². The maximum atomic E-state index is 13.3. The number of ether oxygens (including phenoxy) is 1. The largest absolute Gasteiger partial charge is 0.494 e. The van der Waals surface area contributed by atoms with Gasteiger partial charge in [-0.25, -0.2) is 9.37 Å². The van der Waals surface area contributed by atoms with E-state index in [-0.39, 0.29) is 11.6 Å². The third-order valence-corrected chi connectivity index (χ3v) is 2.88. The number of nitrogens with one attached hydrogen (secondary N) is 1. The van der Waals surface area contributed by atoms with Crippen LogP contribution in [-0.2, 0) is 6.54 Å². The highest BCUT2D eigenvalue weighted by Crippen LogP contribution is 2.23. The Morgan fingerprint density at radius 3 is 3.00 bits per heavy atom. The number of aromatic nitrogens is 2. The molecule has 1 N–H and O–H groups in total. The van der Waals surface area contributed by atoms with Crippen LogP contribution in [0.3, 0.4) is 0 Å². The average Bonchev–Trinajstić information content (AvgIpc) is 2.86. The second-order valence-electron chi connectivity index (χ2n) is 4.27. The van der Waals surface area contributed by atoms with Gasteiger partial charge in [0.05, 0.1) is 7.11 Å². The van der Waals surface area contributed by atoms with Gasteiger partial charge in [-0.05, 0) is 18.6 Å². The molecule has 0 unspecified atom stereocenters. The molecule has 0 aliphatic carbocycles. The molecule has 0 aliphatic heterocycles. The number of hydrogen-bond acceptors (Lipinski definition) is 3. The molecule has 0 spiro atoms. The fraction of sp³-hybridized carbons (Fsp3) is 0.357. The standard InChI is InChI=1S/C14H18FN3O/c1-3-4-8-18-9-7-16-14(18)17-11-5-6-12(15)13(10-11)19-2/h5-7,9-10H,3-4,8H2,1-2H3,(H,16,17). The van der Waals surface area contributed by atoms with E-state index in [1.807, 2.05) is 10.8 Å². The lowest BCUT2D eigenvalue weighted by Gasteiger charge is -2.10. The summed E-state index contributed by atoms with van der Waals surface area (Å²) >= 11 is 0. The number of anilines is 2. The molecule has 0 radical (unpaired) electrons. The van der Waals surface area contributed by atoms with Gasteiger partial charge in [-0.2, -0.15) is 0 Å². The van der Waals surface area contributed by atoms with Crippen molar-refractivity contribution in [3.05, 3.63) is 36.4 Å². The molecule has 0 fully saturated rings. The van der Waals surface area contributed by atoms with Crippen LogP contribution >= 0.6 is 0 Å². The predicted octanol–water partition coefficient (Wildman–Crippen LogP) is 3.57.